The maximum atomic E-state index is 13.1. The first-order chi connectivity index (χ1) is 11.1. The lowest BCUT2D eigenvalue weighted by molar-refractivity contribution is 0.00605. The molecule has 3 rings (SSSR count). The second-order valence-corrected chi connectivity index (χ2v) is 6.34. The number of piperidine rings is 1. The molecular formula is C19H23FN2O. The zero-order chi connectivity index (χ0) is 16.2. The maximum Gasteiger partial charge on any atom is 0.123 e. The summed E-state index contributed by atoms with van der Waals surface area (Å²) in [6, 6.07) is 10.6. The van der Waals surface area contributed by atoms with Crippen LogP contribution in [0.3, 0.4) is 0 Å². The van der Waals surface area contributed by atoms with Crippen molar-refractivity contribution in [3.63, 3.8) is 0 Å². The van der Waals surface area contributed by atoms with Gasteiger partial charge in [-0.3, -0.25) is 9.88 Å². The van der Waals surface area contributed by atoms with Gasteiger partial charge in [-0.1, -0.05) is 18.2 Å². The van der Waals surface area contributed by atoms with Gasteiger partial charge in [-0.15, -0.1) is 0 Å². The van der Waals surface area contributed by atoms with E-state index in [0.29, 0.717) is 0 Å². The van der Waals surface area contributed by atoms with Crippen molar-refractivity contribution in [2.45, 2.75) is 44.9 Å². The van der Waals surface area contributed by atoms with Gasteiger partial charge in [0.25, 0.3) is 0 Å². The highest BCUT2D eigenvalue weighted by Crippen LogP contribution is 2.24. The Morgan fingerprint density at radius 2 is 2.04 bits per heavy atom. The summed E-state index contributed by atoms with van der Waals surface area (Å²) in [5, 5.41) is 10.5. The number of aromatic nitrogens is 1. The molecule has 1 saturated heterocycles. The highest BCUT2D eigenvalue weighted by Gasteiger charge is 2.30. The fourth-order valence-electron chi connectivity index (χ4n) is 3.30. The average Bonchev–Trinajstić information content (AvgIpc) is 2.55. The number of rotatable bonds is 4. The van der Waals surface area contributed by atoms with E-state index in [0.717, 1.165) is 43.6 Å². The van der Waals surface area contributed by atoms with Gasteiger partial charge in [0.1, 0.15) is 5.82 Å². The number of hydrogen-bond acceptors (Lipinski definition) is 3. The molecule has 1 aromatic heterocycles. The highest BCUT2D eigenvalue weighted by atomic mass is 19.1. The predicted octanol–water partition coefficient (Wildman–Crippen LogP) is 3.10. The molecule has 0 bridgehead atoms. The van der Waals surface area contributed by atoms with Crippen molar-refractivity contribution in [3.05, 3.63) is 65.2 Å². The second kappa shape index (κ2) is 7.20. The molecular weight excluding hydrogens is 291 g/mol. The van der Waals surface area contributed by atoms with Gasteiger partial charge in [0, 0.05) is 18.8 Å². The number of hydrogen-bond donors (Lipinski definition) is 1. The molecule has 1 aliphatic rings. The van der Waals surface area contributed by atoms with Crippen LogP contribution in [0.5, 0.6) is 0 Å². The largest absolute Gasteiger partial charge is 0.391 e. The SMILES string of the molecule is Cc1cccnc1CN1CCC[C@H](O)[C@@H]1Cc1ccc(F)cc1. The average molecular weight is 314 g/mol. The lowest BCUT2D eigenvalue weighted by atomic mass is 9.92. The monoisotopic (exact) mass is 314 g/mol. The molecule has 0 radical (unpaired) electrons. The van der Waals surface area contributed by atoms with Crippen LogP contribution in [0.15, 0.2) is 42.6 Å². The predicted molar refractivity (Wildman–Crippen MR) is 88.5 cm³/mol. The molecule has 2 atom stereocenters. The molecule has 1 fully saturated rings. The van der Waals surface area contributed by atoms with Crippen LogP contribution in [0.25, 0.3) is 0 Å². The van der Waals surface area contributed by atoms with Crippen LogP contribution in [-0.2, 0) is 13.0 Å². The Morgan fingerprint density at radius 1 is 1.26 bits per heavy atom. The zero-order valence-corrected chi connectivity index (χ0v) is 13.5. The van der Waals surface area contributed by atoms with Crippen LogP contribution >= 0.6 is 0 Å². The number of nitrogens with zero attached hydrogens (tertiary/aromatic N) is 2. The van der Waals surface area contributed by atoms with Gasteiger partial charge in [0.2, 0.25) is 0 Å². The first-order valence-corrected chi connectivity index (χ1v) is 8.20. The van der Waals surface area contributed by atoms with Gasteiger partial charge >= 0.3 is 0 Å². The minimum absolute atomic E-state index is 0.0515. The Balaban J connectivity index is 1.76. The lowest BCUT2D eigenvalue weighted by Gasteiger charge is -2.39. The Kier molecular flexibility index (Phi) is 5.03. The summed E-state index contributed by atoms with van der Waals surface area (Å²) >= 11 is 0. The van der Waals surface area contributed by atoms with Gasteiger partial charge < -0.3 is 5.11 Å². The standard InChI is InChI=1S/C19H23FN2O/c1-14-4-2-10-21-17(14)13-22-11-3-5-19(23)18(22)12-15-6-8-16(20)9-7-15/h2,4,6-10,18-19,23H,3,5,11-13H2,1H3/t18-,19-/m0/s1. The van der Waals surface area contributed by atoms with Crippen molar-refractivity contribution in [1.82, 2.24) is 9.88 Å². The van der Waals surface area contributed by atoms with Crippen LogP contribution in [0.1, 0.15) is 29.7 Å². The van der Waals surface area contributed by atoms with Crippen LogP contribution < -0.4 is 0 Å². The number of aryl methyl sites for hydroxylation is 1. The minimum Gasteiger partial charge on any atom is -0.391 e. The molecule has 3 nitrogen and oxygen atoms in total. The van der Waals surface area contributed by atoms with E-state index in [1.54, 1.807) is 12.1 Å². The quantitative estimate of drug-likeness (QED) is 0.942. The van der Waals surface area contributed by atoms with Gasteiger partial charge in [0.05, 0.1) is 11.8 Å². The molecule has 0 aliphatic carbocycles. The lowest BCUT2D eigenvalue weighted by Crippen LogP contribution is -2.49. The number of aliphatic hydroxyl groups is 1. The highest BCUT2D eigenvalue weighted by molar-refractivity contribution is 5.20. The van der Waals surface area contributed by atoms with Crippen LogP contribution in [0.2, 0.25) is 0 Å². The molecule has 0 spiro atoms. The second-order valence-electron chi connectivity index (χ2n) is 6.34. The Morgan fingerprint density at radius 3 is 2.78 bits per heavy atom. The summed E-state index contributed by atoms with van der Waals surface area (Å²) in [6.07, 6.45) is 4.01. The molecule has 1 aliphatic heterocycles. The topological polar surface area (TPSA) is 36.4 Å². The third-order valence-corrected chi connectivity index (χ3v) is 4.69. The van der Waals surface area contributed by atoms with Gasteiger partial charge in [-0.05, 0) is 62.1 Å². The maximum absolute atomic E-state index is 13.1. The van der Waals surface area contributed by atoms with E-state index >= 15 is 0 Å². The fraction of sp³-hybridized carbons (Fsp3) is 0.421. The number of likely N-dealkylation sites (tertiary alicyclic amines) is 1. The summed E-state index contributed by atoms with van der Waals surface area (Å²) in [6.45, 7) is 3.77. The number of halogens is 1. The van der Waals surface area contributed by atoms with Gasteiger partial charge in [-0.2, -0.15) is 0 Å². The van der Waals surface area contributed by atoms with E-state index in [-0.39, 0.29) is 18.0 Å². The Bertz CT molecular complexity index is 644. The molecule has 23 heavy (non-hydrogen) atoms. The zero-order valence-electron chi connectivity index (χ0n) is 13.5. The molecule has 122 valence electrons. The van der Waals surface area contributed by atoms with Crippen molar-refractivity contribution in [2.75, 3.05) is 6.54 Å². The number of aliphatic hydroxyl groups excluding tert-OH is 1. The summed E-state index contributed by atoms with van der Waals surface area (Å²) in [5.41, 5.74) is 3.29. The van der Waals surface area contributed by atoms with E-state index in [2.05, 4.69) is 22.9 Å². The molecule has 0 unspecified atom stereocenters. The van der Waals surface area contributed by atoms with Crippen molar-refractivity contribution in [1.29, 1.82) is 0 Å². The van der Waals surface area contributed by atoms with E-state index in [9.17, 15) is 9.50 Å². The van der Waals surface area contributed by atoms with Crippen molar-refractivity contribution in [3.8, 4) is 0 Å². The van der Waals surface area contributed by atoms with Gasteiger partial charge in [-0.25, -0.2) is 4.39 Å². The number of benzene rings is 1. The molecule has 1 aromatic carbocycles. The Labute approximate surface area is 136 Å². The van der Waals surface area contributed by atoms with Crippen molar-refractivity contribution in [2.24, 2.45) is 0 Å². The summed E-state index contributed by atoms with van der Waals surface area (Å²) in [5.74, 6) is -0.223. The smallest absolute Gasteiger partial charge is 0.123 e. The molecule has 4 heteroatoms. The van der Waals surface area contributed by atoms with Gasteiger partial charge in [0.15, 0.2) is 0 Å². The first-order valence-electron chi connectivity index (χ1n) is 8.20. The normalized spacial score (nSPS) is 22.2. The van der Waals surface area contributed by atoms with E-state index in [1.165, 1.54) is 17.7 Å². The summed E-state index contributed by atoms with van der Waals surface area (Å²) in [4.78, 5) is 6.79. The Hall–Kier alpha value is -1.78. The molecule has 0 amide bonds. The summed E-state index contributed by atoms with van der Waals surface area (Å²) < 4.78 is 13.1. The molecule has 1 N–H and O–H groups in total. The third kappa shape index (κ3) is 3.95. The van der Waals surface area contributed by atoms with Crippen LogP contribution in [0, 0.1) is 12.7 Å². The van der Waals surface area contributed by atoms with Crippen molar-refractivity contribution >= 4 is 0 Å². The van der Waals surface area contributed by atoms with Crippen molar-refractivity contribution < 1.29 is 9.50 Å². The molecule has 0 saturated carbocycles. The van der Waals surface area contributed by atoms with E-state index in [1.807, 2.05) is 12.3 Å². The fourth-order valence-corrected chi connectivity index (χ4v) is 3.30. The van der Waals surface area contributed by atoms with E-state index < -0.39 is 0 Å². The molecule has 2 aromatic rings. The van der Waals surface area contributed by atoms with Crippen LogP contribution in [-0.4, -0.2) is 33.7 Å². The third-order valence-electron chi connectivity index (χ3n) is 4.69. The minimum atomic E-state index is -0.349. The van der Waals surface area contributed by atoms with E-state index in [4.69, 9.17) is 0 Å². The van der Waals surface area contributed by atoms with Crippen LogP contribution in [0.4, 0.5) is 4.39 Å². The molecule has 2 heterocycles. The first kappa shape index (κ1) is 16.1. The number of pyridine rings is 1. The summed E-state index contributed by atoms with van der Waals surface area (Å²) in [7, 11) is 0.